The SMILES string of the molecule is N[C@@H](CCCCNc1ccccc1[N+](=O)[O-])C(=O)N1C=CSC1. The van der Waals surface area contributed by atoms with Crippen LogP contribution in [0.15, 0.2) is 35.9 Å². The Morgan fingerprint density at radius 3 is 2.91 bits per heavy atom. The van der Waals surface area contributed by atoms with E-state index >= 15 is 0 Å². The Morgan fingerprint density at radius 1 is 1.43 bits per heavy atom. The van der Waals surface area contributed by atoms with Crippen molar-refractivity contribution in [2.75, 3.05) is 17.7 Å². The lowest BCUT2D eigenvalue weighted by atomic mass is 10.1. The highest BCUT2D eigenvalue weighted by Crippen LogP contribution is 2.23. The van der Waals surface area contributed by atoms with Crippen molar-refractivity contribution in [2.24, 2.45) is 5.73 Å². The van der Waals surface area contributed by atoms with Gasteiger partial charge >= 0.3 is 0 Å². The molecule has 7 nitrogen and oxygen atoms in total. The summed E-state index contributed by atoms with van der Waals surface area (Å²) in [4.78, 5) is 24.1. The first-order chi connectivity index (χ1) is 11.1. The quantitative estimate of drug-likeness (QED) is 0.430. The van der Waals surface area contributed by atoms with E-state index < -0.39 is 11.0 Å². The van der Waals surface area contributed by atoms with Crippen molar-refractivity contribution >= 4 is 29.0 Å². The van der Waals surface area contributed by atoms with Crippen LogP contribution in [0, 0.1) is 10.1 Å². The first kappa shape index (κ1) is 17.3. The number of hydrogen-bond donors (Lipinski definition) is 2. The summed E-state index contributed by atoms with van der Waals surface area (Å²) in [6.07, 6.45) is 3.93. The van der Waals surface area contributed by atoms with Crippen LogP contribution in [-0.4, -0.2) is 34.2 Å². The molecule has 3 N–H and O–H groups in total. The number of hydrogen-bond acceptors (Lipinski definition) is 6. The number of carbonyl (C=O) groups excluding carboxylic acids is 1. The molecular weight excluding hydrogens is 316 g/mol. The smallest absolute Gasteiger partial charge is 0.292 e. The molecule has 0 aliphatic carbocycles. The average molecular weight is 336 g/mol. The lowest BCUT2D eigenvalue weighted by Crippen LogP contribution is -2.40. The number of nitrogens with two attached hydrogens (primary N) is 1. The van der Waals surface area contributed by atoms with Crippen molar-refractivity contribution in [2.45, 2.75) is 25.3 Å². The third-order valence-electron chi connectivity index (χ3n) is 3.51. The van der Waals surface area contributed by atoms with Crippen LogP contribution in [0.1, 0.15) is 19.3 Å². The van der Waals surface area contributed by atoms with Gasteiger partial charge in [-0.25, -0.2) is 0 Å². The third-order valence-corrected chi connectivity index (χ3v) is 4.25. The third kappa shape index (κ3) is 4.97. The van der Waals surface area contributed by atoms with Crippen LogP contribution in [-0.2, 0) is 4.79 Å². The minimum atomic E-state index is -0.496. The topological polar surface area (TPSA) is 101 Å². The maximum atomic E-state index is 12.0. The van der Waals surface area contributed by atoms with Crippen LogP contribution in [0.2, 0.25) is 0 Å². The molecule has 0 radical (unpaired) electrons. The normalized spacial score (nSPS) is 14.7. The van der Waals surface area contributed by atoms with Crippen molar-refractivity contribution in [3.63, 3.8) is 0 Å². The number of nitro groups is 1. The summed E-state index contributed by atoms with van der Waals surface area (Å²) in [6, 6.07) is 6.05. The molecule has 1 atom stereocenters. The van der Waals surface area contributed by atoms with Gasteiger partial charge in [0.15, 0.2) is 0 Å². The Bertz CT molecular complexity index is 594. The number of thioether (sulfide) groups is 1. The van der Waals surface area contributed by atoms with E-state index in [1.807, 2.05) is 5.41 Å². The van der Waals surface area contributed by atoms with Gasteiger partial charge in [0.25, 0.3) is 5.69 Å². The van der Waals surface area contributed by atoms with Crippen molar-refractivity contribution in [3.8, 4) is 0 Å². The van der Waals surface area contributed by atoms with Gasteiger partial charge in [0.1, 0.15) is 5.69 Å². The molecule has 124 valence electrons. The number of rotatable bonds is 8. The van der Waals surface area contributed by atoms with Gasteiger partial charge in [-0.1, -0.05) is 12.1 Å². The molecular formula is C15H20N4O3S. The fraction of sp³-hybridized carbons (Fsp3) is 0.400. The number of anilines is 1. The monoisotopic (exact) mass is 336 g/mol. The Kier molecular flexibility index (Phi) is 6.42. The van der Waals surface area contributed by atoms with Gasteiger partial charge in [0.2, 0.25) is 5.91 Å². The number of nitrogens with zero attached hydrogens (tertiary/aromatic N) is 2. The molecule has 8 heteroatoms. The number of carbonyl (C=O) groups is 1. The van der Waals surface area contributed by atoms with Gasteiger partial charge in [-0.3, -0.25) is 14.9 Å². The number of benzene rings is 1. The lowest BCUT2D eigenvalue weighted by molar-refractivity contribution is -0.384. The maximum Gasteiger partial charge on any atom is 0.292 e. The predicted octanol–water partition coefficient (Wildman–Crippen LogP) is 2.51. The van der Waals surface area contributed by atoms with E-state index in [4.69, 9.17) is 5.73 Å². The van der Waals surface area contributed by atoms with E-state index in [-0.39, 0.29) is 11.6 Å². The van der Waals surface area contributed by atoms with E-state index in [0.29, 0.717) is 24.5 Å². The number of nitro benzene ring substituents is 1. The fourth-order valence-electron chi connectivity index (χ4n) is 2.25. The zero-order valence-electron chi connectivity index (χ0n) is 12.7. The lowest BCUT2D eigenvalue weighted by Gasteiger charge is -2.18. The molecule has 1 aliphatic rings. The van der Waals surface area contributed by atoms with Gasteiger partial charge in [-0.2, -0.15) is 0 Å². The van der Waals surface area contributed by atoms with Crippen LogP contribution >= 0.6 is 11.8 Å². The van der Waals surface area contributed by atoms with E-state index in [1.54, 1.807) is 41.1 Å². The predicted molar refractivity (Wildman–Crippen MR) is 91.9 cm³/mol. The van der Waals surface area contributed by atoms with Gasteiger partial charge in [0, 0.05) is 18.8 Å². The highest BCUT2D eigenvalue weighted by atomic mass is 32.2. The largest absolute Gasteiger partial charge is 0.379 e. The van der Waals surface area contributed by atoms with Crippen LogP contribution < -0.4 is 11.1 Å². The number of nitrogens with one attached hydrogen (secondary N) is 1. The summed E-state index contributed by atoms with van der Waals surface area (Å²) < 4.78 is 0. The first-order valence-electron chi connectivity index (χ1n) is 7.41. The van der Waals surface area contributed by atoms with Crippen molar-refractivity contribution in [1.82, 2.24) is 4.90 Å². The highest BCUT2D eigenvalue weighted by Gasteiger charge is 2.20. The Labute approximate surface area is 139 Å². The van der Waals surface area contributed by atoms with Gasteiger partial charge in [-0.15, -0.1) is 11.8 Å². The fourth-order valence-corrected chi connectivity index (χ4v) is 2.94. The summed E-state index contributed by atoms with van der Waals surface area (Å²) in [5.74, 6) is 0.573. The van der Waals surface area contributed by atoms with E-state index in [9.17, 15) is 14.9 Å². The van der Waals surface area contributed by atoms with E-state index in [0.717, 1.165) is 12.8 Å². The minimum Gasteiger partial charge on any atom is -0.379 e. The second-order valence-electron chi connectivity index (χ2n) is 5.19. The number of amides is 1. The molecule has 0 fully saturated rings. The van der Waals surface area contributed by atoms with Gasteiger partial charge in [-0.05, 0) is 30.7 Å². The molecule has 1 aromatic rings. The summed E-state index contributed by atoms with van der Waals surface area (Å²) in [6.45, 7) is 0.602. The molecule has 2 rings (SSSR count). The zero-order valence-corrected chi connectivity index (χ0v) is 13.5. The number of unbranched alkanes of at least 4 members (excludes halogenated alkanes) is 1. The molecule has 1 aromatic carbocycles. The van der Waals surface area contributed by atoms with Crippen LogP contribution in [0.25, 0.3) is 0 Å². The van der Waals surface area contributed by atoms with Crippen molar-refractivity contribution < 1.29 is 9.72 Å². The Morgan fingerprint density at radius 2 is 2.22 bits per heavy atom. The maximum absolute atomic E-state index is 12.0. The summed E-state index contributed by atoms with van der Waals surface area (Å²) in [7, 11) is 0. The molecule has 1 amide bonds. The molecule has 0 saturated heterocycles. The summed E-state index contributed by atoms with van der Waals surface area (Å²) >= 11 is 1.57. The molecule has 0 aromatic heterocycles. The van der Waals surface area contributed by atoms with Crippen molar-refractivity contribution in [3.05, 3.63) is 46.0 Å². The zero-order chi connectivity index (χ0) is 16.7. The van der Waals surface area contributed by atoms with Gasteiger partial charge < -0.3 is 16.0 Å². The molecule has 0 spiro atoms. The van der Waals surface area contributed by atoms with Crippen LogP contribution in [0.5, 0.6) is 0 Å². The minimum absolute atomic E-state index is 0.0575. The first-order valence-corrected chi connectivity index (χ1v) is 8.46. The summed E-state index contributed by atoms with van der Waals surface area (Å²) in [5.41, 5.74) is 6.49. The van der Waals surface area contributed by atoms with Gasteiger partial charge in [0.05, 0.1) is 16.8 Å². The number of para-hydroxylation sites is 2. The summed E-state index contributed by atoms with van der Waals surface area (Å²) in [5, 5.41) is 15.8. The molecule has 1 heterocycles. The standard InChI is InChI=1S/C15H20N4O3S/c16-12(15(20)18-9-10-23-11-18)5-3-4-8-17-13-6-1-2-7-14(13)19(21)22/h1-2,6-7,9-10,12,17H,3-5,8,11,16H2/t12-/m0/s1. The average Bonchev–Trinajstić information content (AvgIpc) is 3.08. The van der Waals surface area contributed by atoms with E-state index in [2.05, 4.69) is 5.32 Å². The Balaban J connectivity index is 1.69. The van der Waals surface area contributed by atoms with Crippen LogP contribution in [0.3, 0.4) is 0 Å². The van der Waals surface area contributed by atoms with Crippen molar-refractivity contribution in [1.29, 1.82) is 0 Å². The highest BCUT2D eigenvalue weighted by molar-refractivity contribution is 8.02. The molecule has 23 heavy (non-hydrogen) atoms. The second kappa shape index (κ2) is 8.54. The van der Waals surface area contributed by atoms with Crippen LogP contribution in [0.4, 0.5) is 11.4 Å². The second-order valence-corrected chi connectivity index (χ2v) is 6.06. The molecule has 0 unspecified atom stereocenters. The molecule has 1 aliphatic heterocycles. The molecule has 0 saturated carbocycles. The Hall–Kier alpha value is -2.06. The van der Waals surface area contributed by atoms with E-state index in [1.165, 1.54) is 6.07 Å². The molecule has 0 bridgehead atoms.